The number of amides is 1. The Kier molecular flexibility index (Phi) is 10.2. The Morgan fingerprint density at radius 2 is 1.64 bits per heavy atom. The number of hydrogen-bond acceptors (Lipinski definition) is 5. The first-order valence-corrected chi connectivity index (χ1v) is 13.7. The molecule has 39 heavy (non-hydrogen) atoms. The molecule has 0 aliphatic carbocycles. The minimum atomic E-state index is -0.107. The van der Waals surface area contributed by atoms with Gasteiger partial charge in [0.1, 0.15) is 11.6 Å². The Morgan fingerprint density at radius 1 is 0.846 bits per heavy atom. The zero-order chi connectivity index (χ0) is 27.5. The van der Waals surface area contributed by atoms with E-state index in [2.05, 4.69) is 41.1 Å². The van der Waals surface area contributed by atoms with E-state index in [0.717, 1.165) is 62.2 Å². The molecule has 0 saturated heterocycles. The highest BCUT2D eigenvalue weighted by Crippen LogP contribution is 2.27. The number of rotatable bonds is 15. The Balaban J connectivity index is 1.22. The van der Waals surface area contributed by atoms with Crippen LogP contribution >= 0.6 is 0 Å². The van der Waals surface area contributed by atoms with Crippen LogP contribution < -0.4 is 19.5 Å². The number of carbonyl (C=O) groups excluding carboxylic acids is 1. The molecule has 0 atom stereocenters. The molecule has 0 unspecified atom stereocenters. The van der Waals surface area contributed by atoms with Crippen molar-refractivity contribution in [3.8, 4) is 17.2 Å². The van der Waals surface area contributed by atoms with E-state index >= 15 is 0 Å². The first kappa shape index (κ1) is 28.0. The topological polar surface area (TPSA) is 74.6 Å². The lowest BCUT2D eigenvalue weighted by atomic mass is 10.1. The van der Waals surface area contributed by atoms with E-state index in [9.17, 15) is 4.79 Å². The SMILES string of the molecule is COc1ccc(C(=O)NCCCCCc2nc3ccccc3n2CCCCOc2ccccc2C)cc1OC. The van der Waals surface area contributed by atoms with Crippen LogP contribution in [0.2, 0.25) is 0 Å². The first-order chi connectivity index (χ1) is 19.1. The van der Waals surface area contributed by atoms with E-state index in [-0.39, 0.29) is 5.91 Å². The molecule has 4 rings (SSSR count). The van der Waals surface area contributed by atoms with Gasteiger partial charge in [-0.05, 0) is 74.6 Å². The van der Waals surface area contributed by atoms with Gasteiger partial charge in [0.2, 0.25) is 0 Å². The normalized spacial score (nSPS) is 10.9. The lowest BCUT2D eigenvalue weighted by Gasteiger charge is -2.11. The number of methoxy groups -OCH3 is 2. The maximum atomic E-state index is 12.5. The van der Waals surface area contributed by atoms with Gasteiger partial charge in [-0.3, -0.25) is 4.79 Å². The van der Waals surface area contributed by atoms with Crippen LogP contribution in [0, 0.1) is 6.92 Å². The predicted molar refractivity (Wildman–Crippen MR) is 155 cm³/mol. The largest absolute Gasteiger partial charge is 0.493 e. The molecule has 1 amide bonds. The number of benzene rings is 3. The fourth-order valence-electron chi connectivity index (χ4n) is 4.70. The fourth-order valence-corrected chi connectivity index (χ4v) is 4.70. The molecule has 0 spiro atoms. The number of unbranched alkanes of at least 4 members (excludes halogenated alkanes) is 3. The molecule has 1 aromatic heterocycles. The van der Waals surface area contributed by atoms with Crippen LogP contribution in [0.25, 0.3) is 11.0 Å². The van der Waals surface area contributed by atoms with Gasteiger partial charge >= 0.3 is 0 Å². The molecule has 0 bridgehead atoms. The second kappa shape index (κ2) is 14.2. The molecule has 7 nitrogen and oxygen atoms in total. The number of fused-ring (bicyclic) bond motifs is 1. The molecular formula is C32H39N3O4. The summed E-state index contributed by atoms with van der Waals surface area (Å²) < 4.78 is 18.9. The molecule has 206 valence electrons. The van der Waals surface area contributed by atoms with E-state index in [4.69, 9.17) is 19.2 Å². The number of nitrogens with zero attached hydrogens (tertiary/aromatic N) is 2. The molecule has 0 aliphatic heterocycles. The summed E-state index contributed by atoms with van der Waals surface area (Å²) in [5.41, 5.74) is 3.96. The van der Waals surface area contributed by atoms with Crippen LogP contribution in [-0.2, 0) is 13.0 Å². The smallest absolute Gasteiger partial charge is 0.251 e. The summed E-state index contributed by atoms with van der Waals surface area (Å²) >= 11 is 0. The zero-order valence-corrected chi connectivity index (χ0v) is 23.2. The van der Waals surface area contributed by atoms with Crippen molar-refractivity contribution in [3.05, 3.63) is 83.7 Å². The van der Waals surface area contributed by atoms with Crippen LogP contribution in [0.5, 0.6) is 17.2 Å². The van der Waals surface area contributed by atoms with Gasteiger partial charge in [0.25, 0.3) is 5.91 Å². The average molecular weight is 530 g/mol. The summed E-state index contributed by atoms with van der Waals surface area (Å²) in [6.45, 7) is 4.34. The quantitative estimate of drug-likeness (QED) is 0.181. The fraction of sp³-hybridized carbons (Fsp3) is 0.375. The number of carbonyl (C=O) groups is 1. The monoisotopic (exact) mass is 529 g/mol. The van der Waals surface area contributed by atoms with Gasteiger partial charge in [-0.25, -0.2) is 4.98 Å². The van der Waals surface area contributed by atoms with Gasteiger partial charge in [-0.1, -0.05) is 36.8 Å². The van der Waals surface area contributed by atoms with Crippen LogP contribution in [0.3, 0.4) is 0 Å². The highest BCUT2D eigenvalue weighted by molar-refractivity contribution is 5.94. The molecular weight excluding hydrogens is 490 g/mol. The summed E-state index contributed by atoms with van der Waals surface area (Å²) in [6.07, 6.45) is 5.88. The van der Waals surface area contributed by atoms with Crippen LogP contribution in [0.1, 0.15) is 53.8 Å². The highest BCUT2D eigenvalue weighted by Gasteiger charge is 2.12. The first-order valence-electron chi connectivity index (χ1n) is 13.7. The van der Waals surface area contributed by atoms with Crippen molar-refractivity contribution in [1.29, 1.82) is 0 Å². The van der Waals surface area contributed by atoms with Gasteiger partial charge in [-0.15, -0.1) is 0 Å². The van der Waals surface area contributed by atoms with Crippen molar-refractivity contribution in [3.63, 3.8) is 0 Å². The van der Waals surface area contributed by atoms with Crippen LogP contribution in [-0.4, -0.2) is 42.8 Å². The standard InChI is InChI=1S/C32H39N3O4/c1-24-13-6-9-16-28(24)39-22-12-11-21-35-27-15-8-7-14-26(27)34-31(35)17-5-4-10-20-33-32(36)25-18-19-29(37-2)30(23-25)38-3/h6-9,13-16,18-19,23H,4-5,10-12,17,20-22H2,1-3H3,(H,33,36). The summed E-state index contributed by atoms with van der Waals surface area (Å²) in [5.74, 6) is 3.14. The highest BCUT2D eigenvalue weighted by atomic mass is 16.5. The lowest BCUT2D eigenvalue weighted by molar-refractivity contribution is 0.0952. The van der Waals surface area contributed by atoms with E-state index in [0.29, 0.717) is 30.2 Å². The summed E-state index contributed by atoms with van der Waals surface area (Å²) in [7, 11) is 3.14. The van der Waals surface area contributed by atoms with Crippen molar-refractivity contribution < 1.29 is 19.0 Å². The van der Waals surface area contributed by atoms with Crippen molar-refractivity contribution in [2.75, 3.05) is 27.4 Å². The molecule has 0 saturated carbocycles. The van der Waals surface area contributed by atoms with Crippen molar-refractivity contribution in [2.45, 2.75) is 52.0 Å². The second-order valence-corrected chi connectivity index (χ2v) is 9.63. The Hall–Kier alpha value is -4.00. The number of hydrogen-bond donors (Lipinski definition) is 1. The number of aryl methyl sites for hydroxylation is 3. The third-order valence-corrected chi connectivity index (χ3v) is 6.87. The van der Waals surface area contributed by atoms with Gasteiger partial charge in [-0.2, -0.15) is 0 Å². The van der Waals surface area contributed by atoms with Crippen molar-refractivity contribution >= 4 is 16.9 Å². The van der Waals surface area contributed by atoms with E-state index < -0.39 is 0 Å². The van der Waals surface area contributed by atoms with E-state index in [1.54, 1.807) is 32.4 Å². The minimum Gasteiger partial charge on any atom is -0.493 e. The molecule has 1 heterocycles. The third kappa shape index (κ3) is 7.53. The molecule has 4 aromatic rings. The average Bonchev–Trinajstić information content (AvgIpc) is 3.32. The summed E-state index contributed by atoms with van der Waals surface area (Å²) in [4.78, 5) is 17.5. The number of nitrogens with one attached hydrogen (secondary N) is 1. The number of imidazole rings is 1. The predicted octanol–water partition coefficient (Wildman–Crippen LogP) is 6.36. The molecule has 0 fully saturated rings. The van der Waals surface area contributed by atoms with Crippen molar-refractivity contribution in [1.82, 2.24) is 14.9 Å². The second-order valence-electron chi connectivity index (χ2n) is 9.63. The number of ether oxygens (including phenoxy) is 3. The molecule has 3 aromatic carbocycles. The Labute approximate surface area is 231 Å². The molecule has 0 aliphatic rings. The van der Waals surface area contributed by atoms with E-state index in [1.165, 1.54) is 11.1 Å². The van der Waals surface area contributed by atoms with Gasteiger partial charge in [0, 0.05) is 25.1 Å². The third-order valence-electron chi connectivity index (χ3n) is 6.87. The number of aromatic nitrogens is 2. The maximum Gasteiger partial charge on any atom is 0.251 e. The van der Waals surface area contributed by atoms with E-state index in [1.807, 2.05) is 24.3 Å². The zero-order valence-electron chi connectivity index (χ0n) is 23.2. The maximum absolute atomic E-state index is 12.5. The van der Waals surface area contributed by atoms with Gasteiger partial charge in [0.05, 0.1) is 31.9 Å². The molecule has 1 N–H and O–H groups in total. The number of para-hydroxylation sites is 3. The lowest BCUT2D eigenvalue weighted by Crippen LogP contribution is -2.24. The molecule has 0 radical (unpaired) electrons. The summed E-state index contributed by atoms with van der Waals surface area (Å²) in [5, 5.41) is 3.01. The van der Waals surface area contributed by atoms with Crippen molar-refractivity contribution in [2.24, 2.45) is 0 Å². The van der Waals surface area contributed by atoms with Gasteiger partial charge in [0.15, 0.2) is 11.5 Å². The molecule has 7 heteroatoms. The Morgan fingerprint density at radius 3 is 2.46 bits per heavy atom. The minimum absolute atomic E-state index is 0.107. The summed E-state index contributed by atoms with van der Waals surface area (Å²) in [6, 6.07) is 21.7. The van der Waals surface area contributed by atoms with Crippen LogP contribution in [0.15, 0.2) is 66.7 Å². The van der Waals surface area contributed by atoms with Gasteiger partial charge < -0.3 is 24.1 Å². The van der Waals surface area contributed by atoms with Crippen LogP contribution in [0.4, 0.5) is 0 Å². The Bertz CT molecular complexity index is 1360.